The van der Waals surface area contributed by atoms with E-state index in [4.69, 9.17) is 18.9 Å². The third-order valence-corrected chi connectivity index (χ3v) is 7.09. The van der Waals surface area contributed by atoms with Gasteiger partial charge in [0.25, 0.3) is 0 Å². The topological polar surface area (TPSA) is 62.7 Å². The number of rotatable bonds is 12. The molecule has 0 spiro atoms. The molecule has 1 aliphatic rings. The monoisotopic (exact) mass is 578 g/mol. The zero-order valence-corrected chi connectivity index (χ0v) is 23.0. The molecule has 0 N–H and O–H groups in total. The third kappa shape index (κ3) is 8.45. The van der Waals surface area contributed by atoms with Gasteiger partial charge in [-0.2, -0.15) is 13.2 Å². The highest BCUT2D eigenvalue weighted by atomic mass is 19.4. The Kier molecular flexibility index (Phi) is 10.3. The second kappa shape index (κ2) is 14.5. The van der Waals surface area contributed by atoms with Gasteiger partial charge in [-0.05, 0) is 23.1 Å². The van der Waals surface area contributed by atoms with E-state index in [1.165, 1.54) is 6.20 Å². The number of aromatic nitrogens is 2. The van der Waals surface area contributed by atoms with Crippen LogP contribution >= 0.6 is 0 Å². The number of hydrogen-bond acceptors (Lipinski definition) is 6. The van der Waals surface area contributed by atoms with E-state index < -0.39 is 30.2 Å². The van der Waals surface area contributed by atoms with Crippen molar-refractivity contribution >= 4 is 0 Å². The average molecular weight is 579 g/mol. The molecule has 2 heterocycles. The van der Waals surface area contributed by atoms with E-state index in [-0.39, 0.29) is 31.2 Å². The highest BCUT2D eigenvalue weighted by molar-refractivity contribution is 5.16. The highest BCUT2D eigenvalue weighted by Crippen LogP contribution is 2.32. The molecule has 42 heavy (non-hydrogen) atoms. The lowest BCUT2D eigenvalue weighted by Crippen LogP contribution is -2.54. The molecule has 3 aromatic carbocycles. The standard InChI is InChI=1S/C33H33F3N2O4/c34-33(35,36)30-18-37-17-28(38-30)16-27-22-40-29(23-39-19-24-10-4-1-5-11-24)32(42-21-26-14-8-3-9-15-26)31(27)41-20-25-12-6-2-7-13-25/h1-15,17-18,27,29,31-32H,16,19-23H2/t27?,29-,31-,32+/m1/s1. The van der Waals surface area contributed by atoms with Gasteiger partial charge < -0.3 is 18.9 Å². The van der Waals surface area contributed by atoms with Crippen LogP contribution in [0.15, 0.2) is 103 Å². The molecule has 0 aliphatic carbocycles. The molecule has 1 aliphatic heterocycles. The molecule has 0 amide bonds. The summed E-state index contributed by atoms with van der Waals surface area (Å²) in [5.74, 6) is -0.336. The summed E-state index contributed by atoms with van der Waals surface area (Å²) < 4.78 is 65.4. The minimum atomic E-state index is -4.59. The average Bonchev–Trinajstić information content (AvgIpc) is 3.01. The number of nitrogens with zero attached hydrogens (tertiary/aromatic N) is 2. The largest absolute Gasteiger partial charge is 0.434 e. The lowest BCUT2D eigenvalue weighted by Gasteiger charge is -2.42. The summed E-state index contributed by atoms with van der Waals surface area (Å²) in [6.07, 6.45) is -3.83. The summed E-state index contributed by atoms with van der Waals surface area (Å²) in [6, 6.07) is 29.3. The molecule has 4 aromatic rings. The summed E-state index contributed by atoms with van der Waals surface area (Å²) in [5, 5.41) is 0. The number of halogens is 3. The van der Waals surface area contributed by atoms with E-state index >= 15 is 0 Å². The molecule has 1 saturated heterocycles. The van der Waals surface area contributed by atoms with E-state index in [2.05, 4.69) is 9.97 Å². The van der Waals surface area contributed by atoms with Gasteiger partial charge in [-0.3, -0.25) is 4.98 Å². The zero-order chi connectivity index (χ0) is 29.2. The van der Waals surface area contributed by atoms with E-state index in [9.17, 15) is 13.2 Å². The first-order valence-electron chi connectivity index (χ1n) is 13.9. The van der Waals surface area contributed by atoms with Gasteiger partial charge in [0, 0.05) is 12.1 Å². The van der Waals surface area contributed by atoms with Crippen LogP contribution in [0.2, 0.25) is 0 Å². The van der Waals surface area contributed by atoms with E-state index in [0.29, 0.717) is 19.8 Å². The van der Waals surface area contributed by atoms with Crippen molar-refractivity contribution in [2.45, 2.75) is 50.7 Å². The summed E-state index contributed by atoms with van der Waals surface area (Å²) in [6.45, 7) is 1.52. The van der Waals surface area contributed by atoms with Gasteiger partial charge in [-0.25, -0.2) is 4.98 Å². The summed E-state index contributed by atoms with van der Waals surface area (Å²) in [5.41, 5.74) is 2.18. The van der Waals surface area contributed by atoms with Crippen molar-refractivity contribution in [2.75, 3.05) is 13.2 Å². The van der Waals surface area contributed by atoms with Crippen molar-refractivity contribution in [3.05, 3.63) is 131 Å². The van der Waals surface area contributed by atoms with Gasteiger partial charge in [0.1, 0.15) is 12.2 Å². The van der Waals surface area contributed by atoms with Crippen molar-refractivity contribution in [3.8, 4) is 0 Å². The number of ether oxygens (including phenoxy) is 4. The van der Waals surface area contributed by atoms with Crippen LogP contribution in [0.25, 0.3) is 0 Å². The maximum absolute atomic E-state index is 13.4. The Hall–Kier alpha value is -3.63. The SMILES string of the molecule is FC(F)(F)c1cncc(CC2CO[C@H](COCc3ccccc3)[C@H](OCc3ccccc3)[C@@H]2OCc2ccccc2)n1. The molecule has 1 aromatic heterocycles. The fourth-order valence-corrected chi connectivity index (χ4v) is 4.98. The lowest BCUT2D eigenvalue weighted by molar-refractivity contribution is -0.219. The number of alkyl halides is 3. The van der Waals surface area contributed by atoms with Crippen LogP contribution in [-0.4, -0.2) is 41.5 Å². The Morgan fingerprint density at radius 2 is 1.26 bits per heavy atom. The van der Waals surface area contributed by atoms with Crippen molar-refractivity contribution in [1.29, 1.82) is 0 Å². The van der Waals surface area contributed by atoms with Crippen LogP contribution in [0, 0.1) is 5.92 Å². The summed E-state index contributed by atoms with van der Waals surface area (Å²) in [4.78, 5) is 7.65. The smallest absolute Gasteiger partial charge is 0.374 e. The summed E-state index contributed by atoms with van der Waals surface area (Å²) >= 11 is 0. The van der Waals surface area contributed by atoms with Crippen molar-refractivity contribution in [1.82, 2.24) is 9.97 Å². The Bertz CT molecular complexity index is 1360. The molecule has 1 unspecified atom stereocenters. The molecule has 220 valence electrons. The Labute approximate surface area is 243 Å². The molecular weight excluding hydrogens is 545 g/mol. The zero-order valence-electron chi connectivity index (χ0n) is 23.0. The van der Waals surface area contributed by atoms with E-state index in [1.54, 1.807) is 0 Å². The highest BCUT2D eigenvalue weighted by Gasteiger charge is 2.43. The first-order chi connectivity index (χ1) is 20.5. The number of benzene rings is 3. The predicted molar refractivity (Wildman–Crippen MR) is 150 cm³/mol. The quantitative estimate of drug-likeness (QED) is 0.193. The van der Waals surface area contributed by atoms with Crippen LogP contribution in [-0.2, 0) is 51.4 Å². The molecule has 0 saturated carbocycles. The van der Waals surface area contributed by atoms with Crippen molar-refractivity contribution in [2.24, 2.45) is 5.92 Å². The molecule has 1 fully saturated rings. The first kappa shape index (κ1) is 29.8. The second-order valence-electron chi connectivity index (χ2n) is 10.3. The molecule has 9 heteroatoms. The van der Waals surface area contributed by atoms with Gasteiger partial charge in [0.15, 0.2) is 5.69 Å². The molecule has 0 bridgehead atoms. The predicted octanol–water partition coefficient (Wildman–Crippen LogP) is 6.44. The molecule has 5 rings (SSSR count). The van der Waals surface area contributed by atoms with Gasteiger partial charge in [-0.15, -0.1) is 0 Å². The minimum Gasteiger partial charge on any atom is -0.374 e. The van der Waals surface area contributed by atoms with Crippen LogP contribution in [0.5, 0.6) is 0 Å². The minimum absolute atomic E-state index is 0.180. The van der Waals surface area contributed by atoms with Gasteiger partial charge in [0.05, 0.1) is 51.0 Å². The Morgan fingerprint density at radius 3 is 1.83 bits per heavy atom. The number of hydrogen-bond donors (Lipinski definition) is 0. The molecule has 0 radical (unpaired) electrons. The molecule has 6 nitrogen and oxygen atoms in total. The van der Waals surface area contributed by atoms with Gasteiger partial charge in [0.2, 0.25) is 0 Å². The molecule has 4 atom stereocenters. The second-order valence-corrected chi connectivity index (χ2v) is 10.3. The molecular formula is C33H33F3N2O4. The first-order valence-corrected chi connectivity index (χ1v) is 13.9. The van der Waals surface area contributed by atoms with E-state index in [0.717, 1.165) is 22.9 Å². The maximum Gasteiger partial charge on any atom is 0.434 e. The van der Waals surface area contributed by atoms with Crippen LogP contribution in [0.1, 0.15) is 28.1 Å². The van der Waals surface area contributed by atoms with Crippen LogP contribution < -0.4 is 0 Å². The summed E-state index contributed by atoms with van der Waals surface area (Å²) in [7, 11) is 0. The lowest BCUT2D eigenvalue weighted by atomic mass is 9.88. The fraction of sp³-hybridized carbons (Fsp3) is 0.333. The third-order valence-electron chi connectivity index (χ3n) is 7.09. The van der Waals surface area contributed by atoms with Crippen LogP contribution in [0.3, 0.4) is 0 Å². The maximum atomic E-state index is 13.4. The van der Waals surface area contributed by atoms with Gasteiger partial charge >= 0.3 is 6.18 Å². The van der Waals surface area contributed by atoms with Gasteiger partial charge in [-0.1, -0.05) is 91.0 Å². The normalized spacial score (nSPS) is 20.8. The van der Waals surface area contributed by atoms with E-state index in [1.807, 2.05) is 91.0 Å². The van der Waals surface area contributed by atoms with Crippen molar-refractivity contribution < 1.29 is 32.1 Å². The Morgan fingerprint density at radius 1 is 0.714 bits per heavy atom. The van der Waals surface area contributed by atoms with Crippen LogP contribution in [0.4, 0.5) is 13.2 Å². The Balaban J connectivity index is 1.38. The van der Waals surface area contributed by atoms with Crippen molar-refractivity contribution in [3.63, 3.8) is 0 Å². The fourth-order valence-electron chi connectivity index (χ4n) is 4.98.